The molecule has 3 aliphatic rings. The van der Waals surface area contributed by atoms with Crippen molar-refractivity contribution in [2.24, 2.45) is 0 Å². The van der Waals surface area contributed by atoms with Gasteiger partial charge in [-0.2, -0.15) is 19.9 Å². The molecule has 3 saturated heterocycles. The molecular weight excluding hydrogens is 1070 g/mol. The highest BCUT2D eigenvalue weighted by molar-refractivity contribution is 6.33. The van der Waals surface area contributed by atoms with E-state index in [1.165, 1.54) is 17.8 Å². The summed E-state index contributed by atoms with van der Waals surface area (Å²) in [7, 11) is 0. The van der Waals surface area contributed by atoms with E-state index in [1.807, 2.05) is 17.8 Å². The molecule has 30 nitrogen and oxygen atoms in total. The SMILES string of the molecule is C#C[C@]1(F)C(O)[C@@H](CO)O[C@H]1n1cnc2c(=O)[nH]c(N)nc21.C#C[C@]1(F)C(OC(C)=O)[C@@H](COC(C)=O)O[C@H]1n1cnc2c(=O)[nH]c(N)nc21.C#C[C@]1(F)C(OC(C)=O)[C@@H](COC(C)=O)O[C@H]1n1cnc2c(Cl)nc(N)nc21. The molecule has 0 aromatic carbocycles. The molecule has 0 amide bonds. The molecule has 10 N–H and O–H groups in total. The smallest absolute Gasteiger partial charge is 0.303 e. The van der Waals surface area contributed by atoms with Crippen LogP contribution >= 0.6 is 11.6 Å². The molecule has 6 aromatic rings. The van der Waals surface area contributed by atoms with Crippen molar-refractivity contribution in [2.45, 2.75) is 100 Å². The normalized spacial score (nSPS) is 28.1. The van der Waals surface area contributed by atoms with Crippen LogP contribution in [0.5, 0.6) is 0 Å². The number of nitrogens with zero attached hydrogens (tertiary/aromatic N) is 10. The number of alkyl halides is 3. The van der Waals surface area contributed by atoms with Crippen LogP contribution in [0.3, 0.4) is 0 Å². The van der Waals surface area contributed by atoms with Gasteiger partial charge in [-0.15, -0.1) is 19.3 Å². The molecule has 0 aliphatic carbocycles. The van der Waals surface area contributed by atoms with Gasteiger partial charge in [0.1, 0.15) is 43.1 Å². The van der Waals surface area contributed by atoms with Crippen LogP contribution in [0, 0.1) is 37.0 Å². The van der Waals surface area contributed by atoms with Gasteiger partial charge in [0.15, 0.2) is 64.0 Å². The number of aliphatic hydroxyl groups is 2. The Morgan fingerprint density at radius 1 is 0.654 bits per heavy atom. The van der Waals surface area contributed by atoms with Crippen molar-refractivity contribution < 1.29 is 75.7 Å². The number of hydrogen-bond donors (Lipinski definition) is 7. The van der Waals surface area contributed by atoms with Gasteiger partial charge in [0.05, 0.1) is 25.6 Å². The van der Waals surface area contributed by atoms with Crippen LogP contribution < -0.4 is 28.3 Å². The van der Waals surface area contributed by atoms with Crippen LogP contribution in [0.25, 0.3) is 33.5 Å². The fourth-order valence-electron chi connectivity index (χ4n) is 8.29. The van der Waals surface area contributed by atoms with E-state index in [0.717, 1.165) is 42.6 Å². The third kappa shape index (κ3) is 10.5. The molecule has 34 heteroatoms. The number of terminal acetylenes is 3. The summed E-state index contributed by atoms with van der Waals surface area (Å²) in [5, 5.41) is 19.0. The summed E-state index contributed by atoms with van der Waals surface area (Å²) < 4.78 is 86.3. The third-order valence-electron chi connectivity index (χ3n) is 11.7. The zero-order chi connectivity index (χ0) is 57.3. The van der Waals surface area contributed by atoms with Gasteiger partial charge in [0.2, 0.25) is 23.5 Å². The van der Waals surface area contributed by atoms with Gasteiger partial charge in [-0.3, -0.25) is 52.4 Å². The highest BCUT2D eigenvalue weighted by Crippen LogP contribution is 2.46. The molecule has 3 aliphatic heterocycles. The maximum atomic E-state index is 15.9. The second-order valence-electron chi connectivity index (χ2n) is 16.9. The second kappa shape index (κ2) is 22.0. The number of carbonyl (C=O) groups excluding carboxylic acids is 4. The molecule has 412 valence electrons. The minimum absolute atomic E-state index is 0.0441. The van der Waals surface area contributed by atoms with Crippen LogP contribution in [0.2, 0.25) is 5.15 Å². The fourth-order valence-corrected chi connectivity index (χ4v) is 8.51. The molecule has 3 unspecified atom stereocenters. The average Bonchev–Trinajstić information content (AvgIpc) is 4.35. The van der Waals surface area contributed by atoms with E-state index < -0.39 is 121 Å². The number of carbonyl (C=O) groups is 4. The van der Waals surface area contributed by atoms with Crippen molar-refractivity contribution in [3.05, 3.63) is 44.8 Å². The van der Waals surface area contributed by atoms with E-state index in [2.05, 4.69) is 44.9 Å². The lowest BCUT2D eigenvalue weighted by atomic mass is 9.96. The van der Waals surface area contributed by atoms with Crippen molar-refractivity contribution in [1.29, 1.82) is 0 Å². The van der Waals surface area contributed by atoms with Crippen molar-refractivity contribution in [3.8, 4) is 37.0 Å². The van der Waals surface area contributed by atoms with Crippen molar-refractivity contribution in [3.63, 3.8) is 0 Å². The molecule has 9 heterocycles. The van der Waals surface area contributed by atoms with Crippen molar-refractivity contribution >= 4 is 86.8 Å². The lowest BCUT2D eigenvalue weighted by Gasteiger charge is -2.26. The number of esters is 4. The summed E-state index contributed by atoms with van der Waals surface area (Å²) in [6.07, 6.45) is 6.32. The summed E-state index contributed by atoms with van der Waals surface area (Å²) in [4.78, 5) is 101. The number of aromatic amines is 2. The number of ether oxygens (including phenoxy) is 7. The number of fused-ring (bicyclic) bond motifs is 3. The summed E-state index contributed by atoms with van der Waals surface area (Å²) in [6, 6.07) is 0. The van der Waals surface area contributed by atoms with Gasteiger partial charge in [-0.05, 0) is 0 Å². The number of nitrogen functional groups attached to an aromatic ring is 3. The Morgan fingerprint density at radius 3 is 1.40 bits per heavy atom. The lowest BCUT2D eigenvalue weighted by molar-refractivity contribution is -0.159. The number of H-pyrrole nitrogens is 2. The maximum absolute atomic E-state index is 15.9. The summed E-state index contributed by atoms with van der Waals surface area (Å²) in [5.74, 6) is 2.30. The Morgan fingerprint density at radius 2 is 1.03 bits per heavy atom. The van der Waals surface area contributed by atoms with Gasteiger partial charge in [-0.1, -0.05) is 29.4 Å². The first-order chi connectivity index (χ1) is 36.8. The topological polar surface area (TPSA) is 422 Å². The highest BCUT2D eigenvalue weighted by atomic mass is 35.5. The van der Waals surface area contributed by atoms with Gasteiger partial charge in [0, 0.05) is 27.7 Å². The van der Waals surface area contributed by atoms with Crippen molar-refractivity contribution in [2.75, 3.05) is 37.0 Å². The zero-order valence-corrected chi connectivity index (χ0v) is 41.5. The molecule has 0 spiro atoms. The van der Waals surface area contributed by atoms with E-state index in [0.29, 0.717) is 0 Å². The van der Waals surface area contributed by atoms with E-state index in [1.54, 1.807) is 0 Å². The van der Waals surface area contributed by atoms with Crippen LogP contribution in [0.1, 0.15) is 46.4 Å². The van der Waals surface area contributed by atoms with Gasteiger partial charge >= 0.3 is 23.9 Å². The Balaban J connectivity index is 0.000000171. The summed E-state index contributed by atoms with van der Waals surface area (Å²) in [5.41, 5.74) is 7.30. The molecule has 0 radical (unpaired) electrons. The average molecular weight is 1110 g/mol. The number of imidazole rings is 3. The Bertz CT molecular complexity index is 3590. The molecule has 78 heavy (non-hydrogen) atoms. The van der Waals surface area contributed by atoms with E-state index in [-0.39, 0.29) is 63.1 Å². The number of nitrogens with one attached hydrogen (secondary N) is 2. The van der Waals surface area contributed by atoms with Crippen LogP contribution in [0.4, 0.5) is 31.0 Å². The Labute approximate surface area is 439 Å². The Kier molecular flexibility index (Phi) is 16.0. The number of rotatable bonds is 10. The summed E-state index contributed by atoms with van der Waals surface area (Å²) >= 11 is 5.99. The molecule has 12 atom stereocenters. The zero-order valence-electron chi connectivity index (χ0n) is 40.7. The molecule has 3 fully saturated rings. The van der Waals surface area contributed by atoms with Crippen LogP contribution in [0.15, 0.2) is 28.6 Å². The third-order valence-corrected chi connectivity index (χ3v) is 11.9. The Hall–Kier alpha value is -8.91. The first kappa shape index (κ1) is 56.8. The van der Waals surface area contributed by atoms with Gasteiger partial charge < -0.3 is 60.6 Å². The number of anilines is 3. The number of aromatic nitrogens is 12. The minimum atomic E-state index is -2.68. The predicted octanol–water partition coefficient (Wildman–Crippen LogP) is -1.47. The number of halogens is 4. The van der Waals surface area contributed by atoms with E-state index >= 15 is 8.78 Å². The number of hydrogen-bond acceptors (Lipinski definition) is 25. The molecule has 0 saturated carbocycles. The quantitative estimate of drug-likeness (QED) is 0.0356. The van der Waals surface area contributed by atoms with Crippen LogP contribution in [-0.2, 0) is 52.3 Å². The standard InChI is InChI=1S/C16H15ClFN5O5.C16H16FN5O6.C12H12FN5O4/c1-4-16(18)11(27-8(3)25)9(5-26-7(2)24)28-14(16)23-6-20-10-12(17)21-15(19)22-13(10)23;1-4-16(17)11(27-8(3)24)9(5-26-7(2)23)28-14(16)22-6-19-10-12(22)20-15(18)21-13(10)25;1-2-12(13)7(20)5(3-19)22-10(12)18-4-15-6-8(18)16-11(14)17-9(6)21/h1,6,9,11,14H,5H2,2-3H3,(H2,19,21,22);1,6,9,11,14H,5H2,2-3H3,(H3,18,20,21,25);1,4-5,7,10,19-20H,3H2,(H3,14,16,17,21)/t2*9-,11?,14-,16+;5-,7?,10-,12+/m111/s1. The van der Waals surface area contributed by atoms with Crippen LogP contribution in [-0.4, -0.2) is 166 Å². The molecule has 6 aromatic heterocycles. The highest BCUT2D eigenvalue weighted by Gasteiger charge is 2.62. The van der Waals surface area contributed by atoms with E-state index in [9.17, 15) is 38.3 Å². The minimum Gasteiger partial charge on any atom is -0.463 e. The predicted molar refractivity (Wildman–Crippen MR) is 257 cm³/mol. The monoisotopic (exact) mass is 1110 g/mol. The second-order valence-corrected chi connectivity index (χ2v) is 17.2. The fraction of sp³-hybridized carbons (Fsp3) is 0.432. The number of nitrogens with two attached hydrogens (primary N) is 3. The van der Waals surface area contributed by atoms with Gasteiger partial charge in [0.25, 0.3) is 22.5 Å². The maximum Gasteiger partial charge on any atom is 0.303 e. The first-order valence-corrected chi connectivity index (χ1v) is 22.6. The molecule has 9 rings (SSSR count). The number of aliphatic hydroxyl groups excluding tert-OH is 2. The summed E-state index contributed by atoms with van der Waals surface area (Å²) in [6.45, 7) is 3.05. The molecule has 0 bridgehead atoms. The van der Waals surface area contributed by atoms with Crippen molar-refractivity contribution in [1.82, 2.24) is 58.6 Å². The lowest BCUT2D eigenvalue weighted by Crippen LogP contribution is -2.45. The van der Waals surface area contributed by atoms with E-state index in [4.69, 9.17) is 86.3 Å². The van der Waals surface area contributed by atoms with Gasteiger partial charge in [-0.25, -0.2) is 28.1 Å². The first-order valence-electron chi connectivity index (χ1n) is 22.2. The largest absolute Gasteiger partial charge is 0.463 e. The molecular formula is C44H43ClF3N15O15.